The summed E-state index contributed by atoms with van der Waals surface area (Å²) in [6, 6.07) is 11.2. The average molecular weight is 323 g/mol. The fourth-order valence-corrected chi connectivity index (χ4v) is 2.18. The van der Waals surface area contributed by atoms with Crippen molar-refractivity contribution in [1.29, 1.82) is 0 Å². The van der Waals surface area contributed by atoms with E-state index in [0.29, 0.717) is 11.5 Å². The maximum absolute atomic E-state index is 9.36. The van der Waals surface area contributed by atoms with Crippen LogP contribution in [0.25, 0.3) is 0 Å². The summed E-state index contributed by atoms with van der Waals surface area (Å²) in [6.07, 6.45) is 0. The Morgan fingerprint density at radius 2 is 1.84 bits per heavy atom. The smallest absolute Gasteiger partial charge is 0.141 e. The SMILES string of the molecule is COc1ccc(Oc2ccc(C)cc2CO)c(Br)c1. The summed E-state index contributed by atoms with van der Waals surface area (Å²) < 4.78 is 11.8. The summed E-state index contributed by atoms with van der Waals surface area (Å²) in [5, 5.41) is 9.36. The zero-order valence-corrected chi connectivity index (χ0v) is 12.4. The molecule has 0 aromatic heterocycles. The van der Waals surface area contributed by atoms with Gasteiger partial charge in [0.1, 0.15) is 17.2 Å². The molecule has 0 aliphatic heterocycles. The molecule has 2 rings (SSSR count). The fraction of sp³-hybridized carbons (Fsp3) is 0.200. The predicted molar refractivity (Wildman–Crippen MR) is 77.9 cm³/mol. The van der Waals surface area contributed by atoms with Gasteiger partial charge in [-0.05, 0) is 47.1 Å². The Bertz CT molecular complexity index is 582. The first kappa shape index (κ1) is 13.9. The van der Waals surface area contributed by atoms with Crippen molar-refractivity contribution in [1.82, 2.24) is 0 Å². The lowest BCUT2D eigenvalue weighted by Crippen LogP contribution is -1.93. The van der Waals surface area contributed by atoms with Gasteiger partial charge < -0.3 is 14.6 Å². The Hall–Kier alpha value is -1.52. The highest BCUT2D eigenvalue weighted by molar-refractivity contribution is 9.10. The molecular weight excluding hydrogens is 308 g/mol. The van der Waals surface area contributed by atoms with Crippen LogP contribution in [-0.4, -0.2) is 12.2 Å². The Morgan fingerprint density at radius 1 is 1.11 bits per heavy atom. The number of ether oxygens (including phenoxy) is 2. The van der Waals surface area contributed by atoms with Crippen LogP contribution in [0.15, 0.2) is 40.9 Å². The van der Waals surface area contributed by atoms with Gasteiger partial charge in [-0.1, -0.05) is 17.7 Å². The largest absolute Gasteiger partial charge is 0.497 e. The first-order valence-electron chi connectivity index (χ1n) is 5.86. The van der Waals surface area contributed by atoms with Crippen LogP contribution in [0.2, 0.25) is 0 Å². The summed E-state index contributed by atoms with van der Waals surface area (Å²) in [4.78, 5) is 0. The number of aliphatic hydroxyl groups excluding tert-OH is 1. The van der Waals surface area contributed by atoms with E-state index in [1.54, 1.807) is 7.11 Å². The van der Waals surface area contributed by atoms with Crippen molar-refractivity contribution in [2.45, 2.75) is 13.5 Å². The summed E-state index contributed by atoms with van der Waals surface area (Å²) in [6.45, 7) is 1.93. The standard InChI is InChI=1S/C15H15BrO3/c1-10-3-5-14(11(7-10)9-17)19-15-6-4-12(18-2)8-13(15)16/h3-8,17H,9H2,1-2H3. The van der Waals surface area contributed by atoms with E-state index >= 15 is 0 Å². The molecule has 0 bridgehead atoms. The van der Waals surface area contributed by atoms with Gasteiger partial charge in [-0.3, -0.25) is 0 Å². The normalized spacial score (nSPS) is 10.3. The number of halogens is 1. The van der Waals surface area contributed by atoms with Crippen LogP contribution in [0.1, 0.15) is 11.1 Å². The van der Waals surface area contributed by atoms with E-state index in [1.807, 2.05) is 43.3 Å². The topological polar surface area (TPSA) is 38.7 Å². The van der Waals surface area contributed by atoms with Crippen molar-refractivity contribution in [3.8, 4) is 17.2 Å². The molecule has 2 aromatic carbocycles. The average Bonchev–Trinajstić information content (AvgIpc) is 2.42. The lowest BCUT2D eigenvalue weighted by Gasteiger charge is -2.12. The van der Waals surface area contributed by atoms with Crippen molar-refractivity contribution >= 4 is 15.9 Å². The van der Waals surface area contributed by atoms with Crippen LogP contribution >= 0.6 is 15.9 Å². The molecule has 19 heavy (non-hydrogen) atoms. The van der Waals surface area contributed by atoms with Crippen molar-refractivity contribution in [2.24, 2.45) is 0 Å². The molecule has 0 atom stereocenters. The van der Waals surface area contributed by atoms with Crippen LogP contribution in [-0.2, 0) is 6.61 Å². The minimum absolute atomic E-state index is 0.0508. The molecule has 4 heteroatoms. The molecule has 2 aromatic rings. The first-order valence-corrected chi connectivity index (χ1v) is 6.65. The second kappa shape index (κ2) is 6.08. The molecule has 0 radical (unpaired) electrons. The molecule has 0 aliphatic carbocycles. The minimum Gasteiger partial charge on any atom is -0.497 e. The minimum atomic E-state index is -0.0508. The third-order valence-corrected chi connectivity index (χ3v) is 3.37. The van der Waals surface area contributed by atoms with Gasteiger partial charge in [0.15, 0.2) is 0 Å². The van der Waals surface area contributed by atoms with Gasteiger partial charge in [-0.15, -0.1) is 0 Å². The summed E-state index contributed by atoms with van der Waals surface area (Å²) in [5.74, 6) is 2.09. The monoisotopic (exact) mass is 322 g/mol. The maximum atomic E-state index is 9.36. The second-order valence-corrected chi connectivity index (χ2v) is 5.02. The second-order valence-electron chi connectivity index (χ2n) is 4.17. The molecule has 0 saturated carbocycles. The number of hydrogen-bond acceptors (Lipinski definition) is 3. The first-order chi connectivity index (χ1) is 9.13. The third-order valence-electron chi connectivity index (χ3n) is 2.75. The lowest BCUT2D eigenvalue weighted by molar-refractivity contribution is 0.276. The van der Waals surface area contributed by atoms with Crippen LogP contribution in [0.4, 0.5) is 0 Å². The highest BCUT2D eigenvalue weighted by Crippen LogP contribution is 2.34. The molecule has 0 unspecified atom stereocenters. The predicted octanol–water partition coefficient (Wildman–Crippen LogP) is 4.05. The molecule has 1 N–H and O–H groups in total. The van der Waals surface area contributed by atoms with E-state index in [-0.39, 0.29) is 6.61 Å². The molecule has 0 spiro atoms. The van der Waals surface area contributed by atoms with Gasteiger partial charge in [0, 0.05) is 5.56 Å². The Balaban J connectivity index is 2.31. The lowest BCUT2D eigenvalue weighted by atomic mass is 10.1. The molecule has 3 nitrogen and oxygen atoms in total. The Labute approximate surface area is 120 Å². The van der Waals surface area contributed by atoms with Crippen molar-refractivity contribution in [3.63, 3.8) is 0 Å². The van der Waals surface area contributed by atoms with Crippen molar-refractivity contribution in [3.05, 3.63) is 52.0 Å². The number of aryl methyl sites for hydroxylation is 1. The fourth-order valence-electron chi connectivity index (χ4n) is 1.74. The summed E-state index contributed by atoms with van der Waals surface area (Å²) in [5.41, 5.74) is 1.85. The van der Waals surface area contributed by atoms with Gasteiger partial charge >= 0.3 is 0 Å². The summed E-state index contributed by atoms with van der Waals surface area (Å²) >= 11 is 3.44. The van der Waals surface area contributed by atoms with E-state index < -0.39 is 0 Å². The van der Waals surface area contributed by atoms with Crippen molar-refractivity contribution < 1.29 is 14.6 Å². The van der Waals surface area contributed by atoms with E-state index in [1.165, 1.54) is 0 Å². The molecule has 0 fully saturated rings. The Morgan fingerprint density at radius 3 is 2.47 bits per heavy atom. The molecule has 0 saturated heterocycles. The highest BCUT2D eigenvalue weighted by atomic mass is 79.9. The zero-order valence-electron chi connectivity index (χ0n) is 10.8. The van der Waals surface area contributed by atoms with E-state index in [2.05, 4.69) is 15.9 Å². The number of methoxy groups -OCH3 is 1. The zero-order chi connectivity index (χ0) is 13.8. The van der Waals surface area contributed by atoms with Crippen LogP contribution in [0, 0.1) is 6.92 Å². The third kappa shape index (κ3) is 3.28. The number of rotatable bonds is 4. The molecule has 100 valence electrons. The van der Waals surface area contributed by atoms with Crippen molar-refractivity contribution in [2.75, 3.05) is 7.11 Å². The van der Waals surface area contributed by atoms with E-state index in [0.717, 1.165) is 21.3 Å². The molecule has 0 amide bonds. The maximum Gasteiger partial charge on any atom is 0.141 e. The van der Waals surface area contributed by atoms with Gasteiger partial charge in [0.25, 0.3) is 0 Å². The van der Waals surface area contributed by atoms with Gasteiger partial charge in [0.05, 0.1) is 18.2 Å². The van der Waals surface area contributed by atoms with Crippen LogP contribution < -0.4 is 9.47 Å². The van der Waals surface area contributed by atoms with Crippen LogP contribution in [0.5, 0.6) is 17.2 Å². The Kier molecular flexibility index (Phi) is 4.45. The van der Waals surface area contributed by atoms with E-state index in [4.69, 9.17) is 9.47 Å². The summed E-state index contributed by atoms with van der Waals surface area (Å²) in [7, 11) is 1.62. The number of aliphatic hydroxyl groups is 1. The molecule has 0 heterocycles. The van der Waals surface area contributed by atoms with Crippen LogP contribution in [0.3, 0.4) is 0 Å². The van der Waals surface area contributed by atoms with E-state index in [9.17, 15) is 5.11 Å². The van der Waals surface area contributed by atoms with Gasteiger partial charge in [-0.25, -0.2) is 0 Å². The van der Waals surface area contributed by atoms with Gasteiger partial charge in [0.2, 0.25) is 0 Å². The molecule has 0 aliphatic rings. The highest BCUT2D eigenvalue weighted by Gasteiger charge is 2.08. The quantitative estimate of drug-likeness (QED) is 0.922. The molecular formula is C15H15BrO3. The number of benzene rings is 2. The van der Waals surface area contributed by atoms with Gasteiger partial charge in [-0.2, -0.15) is 0 Å². The number of hydrogen-bond donors (Lipinski definition) is 1.